The molecule has 222 valence electrons. The maximum absolute atomic E-state index is 14.8. The number of ketones is 1. The molecule has 8 nitrogen and oxygen atoms in total. The summed E-state index contributed by atoms with van der Waals surface area (Å²) in [7, 11) is 0. The van der Waals surface area contributed by atoms with E-state index < -0.39 is 28.8 Å². The molecule has 1 N–H and O–H groups in total. The van der Waals surface area contributed by atoms with Gasteiger partial charge in [-0.15, -0.1) is 0 Å². The van der Waals surface area contributed by atoms with Crippen LogP contribution in [0.25, 0.3) is 0 Å². The van der Waals surface area contributed by atoms with E-state index >= 15 is 0 Å². The highest BCUT2D eigenvalue weighted by Crippen LogP contribution is 2.51. The van der Waals surface area contributed by atoms with Crippen LogP contribution in [0.1, 0.15) is 29.3 Å². The number of alkyl halides is 3. The van der Waals surface area contributed by atoms with E-state index in [2.05, 4.69) is 0 Å². The van der Waals surface area contributed by atoms with Gasteiger partial charge in [0.1, 0.15) is 0 Å². The van der Waals surface area contributed by atoms with E-state index in [4.69, 9.17) is 0 Å². The van der Waals surface area contributed by atoms with Gasteiger partial charge >= 0.3 is 6.18 Å². The average Bonchev–Trinajstić information content (AvgIpc) is 3.26. The summed E-state index contributed by atoms with van der Waals surface area (Å²) in [6.07, 6.45) is -1.21. The second-order valence-electron chi connectivity index (χ2n) is 11.3. The first-order chi connectivity index (χ1) is 19.9. The number of hydrogen-bond acceptors (Lipinski definition) is 7. The van der Waals surface area contributed by atoms with Gasteiger partial charge in [0.15, 0.2) is 11.4 Å². The number of nitro groups is 1. The van der Waals surface area contributed by atoms with Crippen molar-refractivity contribution in [3.05, 3.63) is 117 Å². The smallest absolute Gasteiger partial charge is 0.375 e. The molecule has 5 rings (SSSR count). The molecule has 2 atom stereocenters. The number of fused-ring (bicyclic) bond motifs is 1. The van der Waals surface area contributed by atoms with E-state index in [9.17, 15) is 33.2 Å². The van der Waals surface area contributed by atoms with Gasteiger partial charge in [-0.05, 0) is 24.1 Å². The minimum Gasteiger partial charge on any atom is -0.375 e. The third-order valence-corrected chi connectivity index (χ3v) is 8.48. The molecule has 1 fully saturated rings. The van der Waals surface area contributed by atoms with E-state index in [0.717, 1.165) is 5.56 Å². The molecule has 0 spiro atoms. The molecule has 3 aliphatic rings. The summed E-state index contributed by atoms with van der Waals surface area (Å²) in [5.41, 5.74) is -3.15. The van der Waals surface area contributed by atoms with Crippen LogP contribution < -0.4 is 0 Å². The van der Waals surface area contributed by atoms with E-state index in [0.29, 0.717) is 18.7 Å². The van der Waals surface area contributed by atoms with Gasteiger partial charge in [0.2, 0.25) is 5.70 Å². The Bertz CT molecular complexity index is 1420. The van der Waals surface area contributed by atoms with Crippen molar-refractivity contribution in [2.45, 2.75) is 37.2 Å². The SMILES string of the molecule is CC12CC([N+](=O)[O-])=CC=C1C(C(O)(CN1CCN(CC(=O)c3ccccc3)CC1)C(F)(F)F)=CN2Cc1ccccc1. The van der Waals surface area contributed by atoms with Gasteiger partial charge < -0.3 is 10.0 Å². The molecular weight excluding hydrogens is 549 g/mol. The fourth-order valence-electron chi connectivity index (χ4n) is 6.00. The van der Waals surface area contributed by atoms with Crippen molar-refractivity contribution < 1.29 is 28.0 Å². The lowest BCUT2D eigenvalue weighted by Gasteiger charge is -2.42. The number of halogens is 3. The highest BCUT2D eigenvalue weighted by Gasteiger charge is 2.62. The van der Waals surface area contributed by atoms with Crippen molar-refractivity contribution in [2.75, 3.05) is 39.3 Å². The van der Waals surface area contributed by atoms with Crippen LogP contribution in [0.15, 0.2) is 95.9 Å². The van der Waals surface area contributed by atoms with Gasteiger partial charge in [0.05, 0.1) is 23.4 Å². The van der Waals surface area contributed by atoms with Crippen molar-refractivity contribution in [1.82, 2.24) is 14.7 Å². The monoisotopic (exact) mass is 582 g/mol. The average molecular weight is 583 g/mol. The maximum Gasteiger partial charge on any atom is 0.422 e. The van der Waals surface area contributed by atoms with E-state index in [1.54, 1.807) is 41.0 Å². The number of allylic oxidation sites excluding steroid dienone is 2. The first kappa shape index (κ1) is 29.7. The topological polar surface area (TPSA) is 90.2 Å². The Labute approximate surface area is 242 Å². The number of hydrogen-bond donors (Lipinski definition) is 1. The third kappa shape index (κ3) is 5.77. The van der Waals surface area contributed by atoms with Gasteiger partial charge in [-0.3, -0.25) is 24.7 Å². The molecule has 2 heterocycles. The Hall–Kier alpha value is -3.80. The zero-order valence-electron chi connectivity index (χ0n) is 23.3. The third-order valence-electron chi connectivity index (χ3n) is 8.48. The van der Waals surface area contributed by atoms with E-state index in [1.165, 1.54) is 18.4 Å². The molecule has 2 aromatic carbocycles. The predicted octanol–water partition coefficient (Wildman–Crippen LogP) is 4.43. The molecule has 0 saturated carbocycles. The van der Waals surface area contributed by atoms with Crippen LogP contribution in [0.2, 0.25) is 0 Å². The number of benzene rings is 2. The second-order valence-corrected chi connectivity index (χ2v) is 11.3. The summed E-state index contributed by atoms with van der Waals surface area (Å²) < 4.78 is 44.5. The number of carbonyl (C=O) groups excluding carboxylic acids is 1. The first-order valence-corrected chi connectivity index (χ1v) is 13.8. The van der Waals surface area contributed by atoms with Crippen LogP contribution >= 0.6 is 0 Å². The summed E-state index contributed by atoms with van der Waals surface area (Å²) >= 11 is 0. The van der Waals surface area contributed by atoms with Crippen LogP contribution in [0.3, 0.4) is 0 Å². The Morgan fingerprint density at radius 1 is 0.976 bits per heavy atom. The first-order valence-electron chi connectivity index (χ1n) is 13.8. The summed E-state index contributed by atoms with van der Waals surface area (Å²) in [6.45, 7) is 2.60. The number of Topliss-reactive ketones (excluding diaryl/α,β-unsaturated/α-hetero) is 1. The Morgan fingerprint density at radius 2 is 1.57 bits per heavy atom. The van der Waals surface area contributed by atoms with Crippen molar-refractivity contribution in [1.29, 1.82) is 0 Å². The van der Waals surface area contributed by atoms with Crippen LogP contribution in [0, 0.1) is 10.1 Å². The van der Waals surface area contributed by atoms with Gasteiger partial charge in [-0.25, -0.2) is 0 Å². The number of β-amino-alcohol motifs (C(OH)–C–C–N with tert-alkyl or cyclic N) is 1. The van der Waals surface area contributed by atoms with Crippen LogP contribution in [-0.2, 0) is 6.54 Å². The zero-order chi connectivity index (χ0) is 30.1. The zero-order valence-corrected chi connectivity index (χ0v) is 23.3. The predicted molar refractivity (Wildman–Crippen MR) is 151 cm³/mol. The van der Waals surface area contributed by atoms with Gasteiger partial charge in [-0.2, -0.15) is 13.2 Å². The highest BCUT2D eigenvalue weighted by molar-refractivity contribution is 5.97. The van der Waals surface area contributed by atoms with E-state index in [-0.39, 0.29) is 55.2 Å². The number of rotatable bonds is 9. The molecule has 0 amide bonds. The second kappa shape index (κ2) is 11.5. The minimum absolute atomic E-state index is 0.0591. The largest absolute Gasteiger partial charge is 0.422 e. The number of nitrogens with zero attached hydrogens (tertiary/aromatic N) is 4. The molecule has 0 aromatic heterocycles. The van der Waals surface area contributed by atoms with E-state index in [1.807, 2.05) is 41.3 Å². The minimum atomic E-state index is -5.02. The lowest BCUT2D eigenvalue weighted by Crippen LogP contribution is -2.59. The Balaban J connectivity index is 1.39. The quantitative estimate of drug-likeness (QED) is 0.266. The molecule has 2 unspecified atom stereocenters. The fraction of sp³-hybridized carbons (Fsp3) is 0.387. The molecular formula is C31H33F3N4O4. The van der Waals surface area contributed by atoms with Crippen molar-refractivity contribution >= 4 is 5.78 Å². The molecule has 0 bridgehead atoms. The molecule has 11 heteroatoms. The van der Waals surface area contributed by atoms with Crippen LogP contribution in [0.5, 0.6) is 0 Å². The highest BCUT2D eigenvalue weighted by atomic mass is 19.4. The number of piperazine rings is 1. The van der Waals surface area contributed by atoms with Crippen molar-refractivity contribution in [3.8, 4) is 0 Å². The molecule has 0 radical (unpaired) electrons. The lowest BCUT2D eigenvalue weighted by molar-refractivity contribution is -0.429. The summed E-state index contributed by atoms with van der Waals surface area (Å²) in [4.78, 5) is 28.9. The number of carbonyl (C=O) groups is 1. The van der Waals surface area contributed by atoms with Gasteiger partial charge in [0.25, 0.3) is 0 Å². The summed E-state index contributed by atoms with van der Waals surface area (Å²) in [6, 6.07) is 18.0. The summed E-state index contributed by atoms with van der Waals surface area (Å²) in [5, 5.41) is 23.2. The van der Waals surface area contributed by atoms with Crippen molar-refractivity contribution in [2.24, 2.45) is 0 Å². The lowest BCUT2D eigenvalue weighted by atomic mass is 9.76. The summed E-state index contributed by atoms with van der Waals surface area (Å²) in [5.74, 6) is -0.0591. The molecule has 2 aromatic rings. The normalized spacial score (nSPS) is 23.0. The van der Waals surface area contributed by atoms with Gasteiger partial charge in [-0.1, -0.05) is 60.7 Å². The molecule has 42 heavy (non-hydrogen) atoms. The fourth-order valence-corrected chi connectivity index (χ4v) is 6.00. The number of aliphatic hydroxyl groups is 1. The standard InChI is InChI=1S/C31H33F3N4O4/c1-29-18-25(38(41)42)12-13-26(29)27(20-37(29)19-23-8-4-2-5-9-23)30(40,31(32,33)34)22-36-16-14-35(15-17-36)21-28(39)24-10-6-3-7-11-24/h2-13,20,40H,14-19,21-22H2,1H3. The Morgan fingerprint density at radius 3 is 2.17 bits per heavy atom. The Kier molecular flexibility index (Phi) is 8.10. The molecule has 1 aliphatic carbocycles. The van der Waals surface area contributed by atoms with Gasteiger partial charge in [0, 0.05) is 62.7 Å². The molecule has 1 saturated heterocycles. The van der Waals surface area contributed by atoms with Crippen molar-refractivity contribution in [3.63, 3.8) is 0 Å². The van der Waals surface area contributed by atoms with Crippen LogP contribution in [0.4, 0.5) is 13.2 Å². The molecule has 2 aliphatic heterocycles. The maximum atomic E-state index is 14.8. The van der Waals surface area contributed by atoms with Crippen LogP contribution in [-0.4, -0.2) is 87.1 Å².